The Labute approximate surface area is 74.2 Å². The van der Waals surface area contributed by atoms with Gasteiger partial charge in [0.1, 0.15) is 0 Å². The predicted octanol–water partition coefficient (Wildman–Crippen LogP) is 3.12. The van der Waals surface area contributed by atoms with Crippen LogP contribution in [-0.2, 0) is 0 Å². The van der Waals surface area contributed by atoms with E-state index in [1.54, 1.807) is 0 Å². The Morgan fingerprint density at radius 1 is 1.42 bits per heavy atom. The summed E-state index contributed by atoms with van der Waals surface area (Å²) in [5.41, 5.74) is 4.96. The summed E-state index contributed by atoms with van der Waals surface area (Å²) in [4.78, 5) is 4.34. The number of aryl methyl sites for hydroxylation is 1. The van der Waals surface area contributed by atoms with Gasteiger partial charge in [-0.05, 0) is 50.5 Å². The molecule has 0 unspecified atom stereocenters. The molecule has 0 aliphatic heterocycles. The molecule has 0 amide bonds. The van der Waals surface area contributed by atoms with Crippen LogP contribution in [0.25, 0.3) is 5.57 Å². The van der Waals surface area contributed by atoms with E-state index in [4.69, 9.17) is 0 Å². The first-order valence-electron chi connectivity index (χ1n) is 4.22. The van der Waals surface area contributed by atoms with Gasteiger partial charge >= 0.3 is 0 Å². The zero-order valence-electron chi connectivity index (χ0n) is 8.18. The third kappa shape index (κ3) is 1.55. The minimum Gasteiger partial charge on any atom is -0.256 e. The molecule has 0 saturated heterocycles. The molecule has 0 atom stereocenters. The van der Waals surface area contributed by atoms with E-state index in [-0.39, 0.29) is 0 Å². The topological polar surface area (TPSA) is 12.9 Å². The van der Waals surface area contributed by atoms with Gasteiger partial charge < -0.3 is 0 Å². The summed E-state index contributed by atoms with van der Waals surface area (Å²) in [6, 6.07) is 2.04. The fourth-order valence-corrected chi connectivity index (χ4v) is 1.17. The molecule has 12 heavy (non-hydrogen) atoms. The zero-order chi connectivity index (χ0) is 9.14. The van der Waals surface area contributed by atoms with Gasteiger partial charge in [0, 0.05) is 6.20 Å². The Kier molecular flexibility index (Phi) is 2.64. The fourth-order valence-electron chi connectivity index (χ4n) is 1.17. The first-order chi connectivity index (χ1) is 5.66. The summed E-state index contributed by atoms with van der Waals surface area (Å²) >= 11 is 0. The number of allylic oxidation sites excluding steroid dienone is 2. The molecule has 1 aromatic rings. The van der Waals surface area contributed by atoms with Crippen molar-refractivity contribution in [1.29, 1.82) is 0 Å². The van der Waals surface area contributed by atoms with Crippen molar-refractivity contribution in [2.75, 3.05) is 0 Å². The van der Waals surface area contributed by atoms with Gasteiger partial charge in [0.25, 0.3) is 0 Å². The van der Waals surface area contributed by atoms with Crippen LogP contribution in [-0.4, -0.2) is 4.98 Å². The molecule has 1 aromatic heterocycles. The fraction of sp³-hybridized carbons (Fsp3) is 0.364. The van der Waals surface area contributed by atoms with Crippen molar-refractivity contribution in [2.45, 2.75) is 27.7 Å². The number of hydrogen-bond acceptors (Lipinski definition) is 1. The van der Waals surface area contributed by atoms with Crippen LogP contribution < -0.4 is 0 Å². The third-order valence-corrected chi connectivity index (χ3v) is 2.28. The van der Waals surface area contributed by atoms with Crippen LogP contribution in [0.5, 0.6) is 0 Å². The standard InChI is InChI=1S/C11H15N/c1-5-8(2)11-10(4)9(3)6-7-12-11/h5-7H,1-4H3/b8-5+. The molecule has 0 saturated carbocycles. The van der Waals surface area contributed by atoms with Crippen molar-refractivity contribution in [1.82, 2.24) is 4.98 Å². The molecule has 0 fully saturated rings. The highest BCUT2D eigenvalue weighted by molar-refractivity contribution is 5.63. The van der Waals surface area contributed by atoms with Crippen molar-refractivity contribution in [3.63, 3.8) is 0 Å². The number of nitrogens with zero attached hydrogens (tertiary/aromatic N) is 1. The maximum absolute atomic E-state index is 4.34. The first-order valence-corrected chi connectivity index (χ1v) is 4.22. The summed E-state index contributed by atoms with van der Waals surface area (Å²) in [5.74, 6) is 0. The van der Waals surface area contributed by atoms with Gasteiger partial charge in [-0.2, -0.15) is 0 Å². The first kappa shape index (κ1) is 8.98. The molecule has 0 bridgehead atoms. The minimum absolute atomic E-state index is 1.12. The maximum Gasteiger partial charge on any atom is 0.0687 e. The van der Waals surface area contributed by atoms with Gasteiger partial charge in [0.15, 0.2) is 0 Å². The van der Waals surface area contributed by atoms with Crippen LogP contribution in [0.15, 0.2) is 18.3 Å². The van der Waals surface area contributed by atoms with Gasteiger partial charge in [-0.1, -0.05) is 6.08 Å². The van der Waals surface area contributed by atoms with Gasteiger partial charge in [-0.15, -0.1) is 0 Å². The summed E-state index contributed by atoms with van der Waals surface area (Å²) in [6.07, 6.45) is 3.96. The van der Waals surface area contributed by atoms with Gasteiger partial charge in [-0.25, -0.2) is 0 Å². The zero-order valence-corrected chi connectivity index (χ0v) is 8.18. The van der Waals surface area contributed by atoms with Crippen molar-refractivity contribution in [2.24, 2.45) is 0 Å². The highest BCUT2D eigenvalue weighted by atomic mass is 14.7. The second kappa shape index (κ2) is 3.53. The lowest BCUT2D eigenvalue weighted by Crippen LogP contribution is -1.92. The number of pyridine rings is 1. The third-order valence-electron chi connectivity index (χ3n) is 2.28. The van der Waals surface area contributed by atoms with Gasteiger partial charge in [0.05, 0.1) is 5.69 Å². The monoisotopic (exact) mass is 161 g/mol. The van der Waals surface area contributed by atoms with Crippen LogP contribution >= 0.6 is 0 Å². The SMILES string of the molecule is C/C=C(\C)c1nccc(C)c1C. The average molecular weight is 161 g/mol. The summed E-state index contributed by atoms with van der Waals surface area (Å²) in [5, 5.41) is 0. The highest BCUT2D eigenvalue weighted by Gasteiger charge is 2.02. The molecule has 0 N–H and O–H groups in total. The largest absolute Gasteiger partial charge is 0.256 e. The smallest absolute Gasteiger partial charge is 0.0687 e. The molecule has 0 aliphatic carbocycles. The Hall–Kier alpha value is -1.11. The van der Waals surface area contributed by atoms with Crippen LogP contribution in [0.1, 0.15) is 30.7 Å². The molecule has 0 aromatic carbocycles. The summed E-state index contributed by atoms with van der Waals surface area (Å²) in [7, 11) is 0. The number of rotatable bonds is 1. The normalized spacial score (nSPS) is 11.8. The van der Waals surface area contributed by atoms with E-state index in [9.17, 15) is 0 Å². The second-order valence-electron chi connectivity index (χ2n) is 3.07. The van der Waals surface area contributed by atoms with Crippen molar-refractivity contribution >= 4 is 5.57 Å². The molecule has 1 rings (SSSR count). The van der Waals surface area contributed by atoms with E-state index in [0.29, 0.717) is 0 Å². The average Bonchev–Trinajstić information content (AvgIpc) is 2.08. The molecule has 64 valence electrons. The van der Waals surface area contributed by atoms with Crippen molar-refractivity contribution in [3.8, 4) is 0 Å². The van der Waals surface area contributed by atoms with Gasteiger partial charge in [0.2, 0.25) is 0 Å². The molecule has 0 spiro atoms. The molecule has 1 heteroatoms. The molecular formula is C11H15N. The lowest BCUT2D eigenvalue weighted by Gasteiger charge is -2.06. The number of hydrogen-bond donors (Lipinski definition) is 0. The highest BCUT2D eigenvalue weighted by Crippen LogP contribution is 2.17. The predicted molar refractivity (Wildman–Crippen MR) is 53.0 cm³/mol. The van der Waals surface area contributed by atoms with E-state index >= 15 is 0 Å². The van der Waals surface area contributed by atoms with E-state index in [1.807, 2.05) is 19.2 Å². The molecular weight excluding hydrogens is 146 g/mol. The Bertz CT molecular complexity index is 311. The van der Waals surface area contributed by atoms with E-state index < -0.39 is 0 Å². The Morgan fingerprint density at radius 3 is 2.67 bits per heavy atom. The van der Waals surface area contributed by atoms with Crippen LogP contribution in [0.4, 0.5) is 0 Å². The Balaban J connectivity index is 3.26. The van der Waals surface area contributed by atoms with Crippen molar-refractivity contribution in [3.05, 3.63) is 35.2 Å². The van der Waals surface area contributed by atoms with Crippen LogP contribution in [0.3, 0.4) is 0 Å². The molecule has 0 aliphatic rings. The number of aromatic nitrogens is 1. The van der Waals surface area contributed by atoms with Crippen molar-refractivity contribution < 1.29 is 0 Å². The van der Waals surface area contributed by atoms with Crippen LogP contribution in [0, 0.1) is 13.8 Å². The molecule has 0 radical (unpaired) electrons. The molecule has 1 nitrogen and oxygen atoms in total. The summed E-state index contributed by atoms with van der Waals surface area (Å²) < 4.78 is 0. The maximum atomic E-state index is 4.34. The summed E-state index contributed by atoms with van der Waals surface area (Å²) in [6.45, 7) is 8.36. The Morgan fingerprint density at radius 2 is 2.08 bits per heavy atom. The van der Waals surface area contributed by atoms with E-state index in [1.165, 1.54) is 16.7 Å². The van der Waals surface area contributed by atoms with E-state index in [2.05, 4.69) is 31.8 Å². The minimum atomic E-state index is 1.12. The quantitative estimate of drug-likeness (QED) is 0.616. The van der Waals surface area contributed by atoms with Crippen LogP contribution in [0.2, 0.25) is 0 Å². The van der Waals surface area contributed by atoms with Gasteiger partial charge in [-0.3, -0.25) is 4.98 Å². The van der Waals surface area contributed by atoms with E-state index in [0.717, 1.165) is 5.69 Å². The molecule has 1 heterocycles. The lowest BCUT2D eigenvalue weighted by atomic mass is 10.0. The lowest BCUT2D eigenvalue weighted by molar-refractivity contribution is 1.17. The second-order valence-corrected chi connectivity index (χ2v) is 3.07.